The van der Waals surface area contributed by atoms with Gasteiger partial charge in [-0.25, -0.2) is 0 Å². The lowest BCUT2D eigenvalue weighted by atomic mass is 10.1. The van der Waals surface area contributed by atoms with Crippen LogP contribution in [0.25, 0.3) is 0 Å². The van der Waals surface area contributed by atoms with Crippen molar-refractivity contribution in [2.45, 2.75) is 6.42 Å². The number of carboxylic acids is 1. The Labute approximate surface area is 83.7 Å². The highest BCUT2D eigenvalue weighted by atomic mass is 127. The maximum Gasteiger partial charge on any atom is 0.307 e. The van der Waals surface area contributed by atoms with E-state index in [2.05, 4.69) is 22.6 Å². The smallest absolute Gasteiger partial charge is 0.307 e. The summed E-state index contributed by atoms with van der Waals surface area (Å²) in [6, 6.07) is 5.23. The van der Waals surface area contributed by atoms with Gasteiger partial charge < -0.3 is 10.8 Å². The lowest BCUT2D eigenvalue weighted by molar-refractivity contribution is -0.136. The second-order valence-corrected chi connectivity index (χ2v) is 3.59. The zero-order valence-electron chi connectivity index (χ0n) is 6.25. The highest BCUT2D eigenvalue weighted by Crippen LogP contribution is 2.16. The topological polar surface area (TPSA) is 63.3 Å². The third kappa shape index (κ3) is 2.37. The number of rotatable bonds is 2. The average Bonchev–Trinajstić information content (AvgIpc) is 1.96. The van der Waals surface area contributed by atoms with E-state index in [9.17, 15) is 4.79 Å². The molecule has 0 heterocycles. The summed E-state index contributed by atoms with van der Waals surface area (Å²) in [4.78, 5) is 10.3. The van der Waals surface area contributed by atoms with Gasteiger partial charge in [0.25, 0.3) is 0 Å². The third-order valence-corrected chi connectivity index (χ3v) is 2.35. The number of aliphatic carboxylic acids is 1. The molecule has 0 aliphatic rings. The Morgan fingerprint density at radius 2 is 2.25 bits per heavy atom. The molecule has 0 bridgehead atoms. The van der Waals surface area contributed by atoms with Crippen LogP contribution in [0, 0.1) is 3.57 Å². The first-order valence-corrected chi connectivity index (χ1v) is 4.43. The van der Waals surface area contributed by atoms with Crippen molar-refractivity contribution in [3.63, 3.8) is 0 Å². The van der Waals surface area contributed by atoms with Gasteiger partial charge in [0.05, 0.1) is 6.42 Å². The minimum absolute atomic E-state index is 0.0519. The van der Waals surface area contributed by atoms with E-state index in [4.69, 9.17) is 10.8 Å². The fourth-order valence-electron chi connectivity index (χ4n) is 0.855. The molecule has 0 radical (unpaired) electrons. The molecule has 0 unspecified atom stereocenters. The Morgan fingerprint density at radius 1 is 1.58 bits per heavy atom. The number of hydrogen-bond donors (Lipinski definition) is 2. The first kappa shape index (κ1) is 9.31. The predicted octanol–water partition coefficient (Wildman–Crippen LogP) is 1.50. The molecule has 0 aromatic heterocycles. The van der Waals surface area contributed by atoms with Crippen molar-refractivity contribution >= 4 is 34.2 Å². The van der Waals surface area contributed by atoms with Gasteiger partial charge in [-0.05, 0) is 40.3 Å². The minimum Gasteiger partial charge on any atom is -0.481 e. The summed E-state index contributed by atoms with van der Waals surface area (Å²) < 4.78 is 0.895. The van der Waals surface area contributed by atoms with Gasteiger partial charge in [-0.15, -0.1) is 0 Å². The minimum atomic E-state index is -0.824. The maximum atomic E-state index is 10.3. The van der Waals surface area contributed by atoms with Gasteiger partial charge in [0.2, 0.25) is 0 Å². The Hall–Kier alpha value is -0.780. The van der Waals surface area contributed by atoms with Crippen LogP contribution in [-0.4, -0.2) is 11.1 Å². The maximum absolute atomic E-state index is 10.3. The van der Waals surface area contributed by atoms with Crippen LogP contribution in [0.1, 0.15) is 5.56 Å². The lowest BCUT2D eigenvalue weighted by Crippen LogP contribution is -2.01. The monoisotopic (exact) mass is 277 g/mol. The molecule has 4 heteroatoms. The van der Waals surface area contributed by atoms with Crippen LogP contribution >= 0.6 is 22.6 Å². The summed E-state index contributed by atoms with van der Waals surface area (Å²) in [7, 11) is 0. The van der Waals surface area contributed by atoms with Gasteiger partial charge in [0.1, 0.15) is 0 Å². The summed E-state index contributed by atoms with van der Waals surface area (Å²) in [6.07, 6.45) is 0.0519. The number of nitrogen functional groups attached to an aromatic ring is 1. The number of carbonyl (C=O) groups is 1. The van der Waals surface area contributed by atoms with E-state index in [0.717, 1.165) is 9.13 Å². The van der Waals surface area contributed by atoms with Gasteiger partial charge in [0, 0.05) is 9.26 Å². The van der Waals surface area contributed by atoms with Crippen LogP contribution < -0.4 is 5.73 Å². The molecular formula is C8H8INO2. The summed E-state index contributed by atoms with van der Waals surface area (Å²) in [5.74, 6) is -0.824. The number of halogens is 1. The second kappa shape index (κ2) is 3.75. The Kier molecular flexibility index (Phi) is 2.91. The molecule has 3 N–H and O–H groups in total. The van der Waals surface area contributed by atoms with Crippen LogP contribution in [0.5, 0.6) is 0 Å². The normalized spacial score (nSPS) is 9.75. The number of nitrogens with two attached hydrogens (primary N) is 1. The Bertz CT molecular complexity index is 312. The number of anilines is 1. The molecule has 3 nitrogen and oxygen atoms in total. The molecule has 64 valence electrons. The SMILES string of the molecule is Nc1ccc(CC(=O)O)cc1I. The zero-order valence-corrected chi connectivity index (χ0v) is 8.41. The van der Waals surface area contributed by atoms with E-state index in [-0.39, 0.29) is 6.42 Å². The fourth-order valence-corrected chi connectivity index (χ4v) is 1.44. The van der Waals surface area contributed by atoms with E-state index in [1.165, 1.54) is 0 Å². The molecule has 0 spiro atoms. The van der Waals surface area contributed by atoms with Gasteiger partial charge in [0.15, 0.2) is 0 Å². The molecule has 0 aliphatic heterocycles. The van der Waals surface area contributed by atoms with Crippen molar-refractivity contribution in [1.82, 2.24) is 0 Å². The van der Waals surface area contributed by atoms with Gasteiger partial charge in [-0.2, -0.15) is 0 Å². The molecule has 0 aliphatic carbocycles. The van der Waals surface area contributed by atoms with E-state index in [1.807, 2.05) is 0 Å². The molecule has 0 fully saturated rings. The molecule has 1 aromatic rings. The number of benzene rings is 1. The number of hydrogen-bond acceptors (Lipinski definition) is 2. The molecular weight excluding hydrogens is 269 g/mol. The van der Waals surface area contributed by atoms with Crippen molar-refractivity contribution in [1.29, 1.82) is 0 Å². The highest BCUT2D eigenvalue weighted by Gasteiger charge is 2.01. The highest BCUT2D eigenvalue weighted by molar-refractivity contribution is 14.1. The van der Waals surface area contributed by atoms with Crippen LogP contribution in [-0.2, 0) is 11.2 Å². The van der Waals surface area contributed by atoms with Gasteiger partial charge in [-0.3, -0.25) is 4.79 Å². The third-order valence-electron chi connectivity index (χ3n) is 1.42. The summed E-state index contributed by atoms with van der Waals surface area (Å²) in [5.41, 5.74) is 7.03. The summed E-state index contributed by atoms with van der Waals surface area (Å²) >= 11 is 2.08. The largest absolute Gasteiger partial charge is 0.481 e. The van der Waals surface area contributed by atoms with Gasteiger partial charge in [-0.1, -0.05) is 6.07 Å². The quantitative estimate of drug-likeness (QED) is 0.636. The summed E-state index contributed by atoms with van der Waals surface area (Å²) in [5, 5.41) is 8.49. The van der Waals surface area contributed by atoms with Crippen molar-refractivity contribution < 1.29 is 9.90 Å². The van der Waals surface area contributed by atoms with E-state index in [1.54, 1.807) is 18.2 Å². The van der Waals surface area contributed by atoms with Crippen LogP contribution in [0.2, 0.25) is 0 Å². The Morgan fingerprint density at radius 3 is 2.75 bits per heavy atom. The summed E-state index contributed by atoms with van der Waals surface area (Å²) in [6.45, 7) is 0. The van der Waals surface area contributed by atoms with Crippen LogP contribution in [0.15, 0.2) is 18.2 Å². The van der Waals surface area contributed by atoms with Crippen LogP contribution in [0.4, 0.5) is 5.69 Å². The van der Waals surface area contributed by atoms with Crippen molar-refractivity contribution in [2.24, 2.45) is 0 Å². The van der Waals surface area contributed by atoms with E-state index in [0.29, 0.717) is 5.69 Å². The zero-order chi connectivity index (χ0) is 9.14. The second-order valence-electron chi connectivity index (χ2n) is 2.43. The lowest BCUT2D eigenvalue weighted by Gasteiger charge is -2.00. The predicted molar refractivity (Wildman–Crippen MR) is 54.9 cm³/mol. The average molecular weight is 277 g/mol. The first-order chi connectivity index (χ1) is 5.59. The van der Waals surface area contributed by atoms with Crippen molar-refractivity contribution in [2.75, 3.05) is 5.73 Å². The molecule has 1 rings (SSSR count). The molecule has 12 heavy (non-hydrogen) atoms. The first-order valence-electron chi connectivity index (χ1n) is 3.35. The standard InChI is InChI=1S/C8H8INO2/c9-6-3-5(4-8(11)12)1-2-7(6)10/h1-3H,4,10H2,(H,11,12). The number of carboxylic acid groups (broad SMARTS) is 1. The van der Waals surface area contributed by atoms with E-state index < -0.39 is 5.97 Å². The van der Waals surface area contributed by atoms with Gasteiger partial charge >= 0.3 is 5.97 Å². The molecule has 0 atom stereocenters. The van der Waals surface area contributed by atoms with Crippen molar-refractivity contribution in [3.05, 3.63) is 27.3 Å². The fraction of sp³-hybridized carbons (Fsp3) is 0.125. The Balaban J connectivity index is 2.89. The van der Waals surface area contributed by atoms with Crippen molar-refractivity contribution in [3.8, 4) is 0 Å². The van der Waals surface area contributed by atoms with Crippen LogP contribution in [0.3, 0.4) is 0 Å². The molecule has 0 saturated heterocycles. The van der Waals surface area contributed by atoms with E-state index >= 15 is 0 Å². The molecule has 1 aromatic carbocycles. The molecule has 0 saturated carbocycles. The molecule has 0 amide bonds.